The summed E-state index contributed by atoms with van der Waals surface area (Å²) in [4.78, 5) is 10.3. The number of rotatable bonds is 4. The van der Waals surface area contributed by atoms with Crippen molar-refractivity contribution in [3.8, 4) is 5.75 Å². The Bertz CT molecular complexity index is 472. The average Bonchev–Trinajstić information content (AvgIpc) is 2.20. The summed E-state index contributed by atoms with van der Waals surface area (Å²) < 4.78 is 31.5. The normalized spacial score (nSPS) is 11.4. The molecule has 0 aliphatic heterocycles. The van der Waals surface area contributed by atoms with Gasteiger partial charge in [-0.2, -0.15) is 4.39 Å². The van der Waals surface area contributed by atoms with Crippen LogP contribution in [-0.2, 0) is 4.79 Å². The second kappa shape index (κ2) is 5.77. The SMILES string of the molecule is C/C(=C/C(=O)O)COc1cc(Br)cc(F)c1F. The number of hydrogen-bond acceptors (Lipinski definition) is 2. The average molecular weight is 307 g/mol. The van der Waals surface area contributed by atoms with Gasteiger partial charge in [0.15, 0.2) is 11.6 Å². The molecule has 0 spiro atoms. The predicted molar refractivity (Wildman–Crippen MR) is 60.9 cm³/mol. The number of hydrogen-bond donors (Lipinski definition) is 1. The molecule has 1 aromatic carbocycles. The lowest BCUT2D eigenvalue weighted by Gasteiger charge is -2.08. The van der Waals surface area contributed by atoms with Crippen LogP contribution in [0.4, 0.5) is 8.78 Å². The largest absolute Gasteiger partial charge is 0.486 e. The van der Waals surface area contributed by atoms with Crippen molar-refractivity contribution in [2.45, 2.75) is 6.92 Å². The number of carboxylic acids is 1. The lowest BCUT2D eigenvalue weighted by Crippen LogP contribution is -2.03. The molecule has 0 bridgehead atoms. The molecule has 0 atom stereocenters. The first-order valence-electron chi connectivity index (χ1n) is 4.57. The maximum atomic E-state index is 13.2. The molecule has 17 heavy (non-hydrogen) atoms. The summed E-state index contributed by atoms with van der Waals surface area (Å²) in [6, 6.07) is 2.24. The van der Waals surface area contributed by atoms with E-state index >= 15 is 0 Å². The molecule has 92 valence electrons. The highest BCUT2D eigenvalue weighted by Crippen LogP contribution is 2.25. The van der Waals surface area contributed by atoms with Gasteiger partial charge in [0.25, 0.3) is 0 Å². The molecule has 1 rings (SSSR count). The van der Waals surface area contributed by atoms with E-state index in [0.29, 0.717) is 10.0 Å². The lowest BCUT2D eigenvalue weighted by atomic mass is 10.3. The first-order valence-corrected chi connectivity index (χ1v) is 5.37. The van der Waals surface area contributed by atoms with Crippen molar-refractivity contribution in [1.82, 2.24) is 0 Å². The fraction of sp³-hybridized carbons (Fsp3) is 0.182. The van der Waals surface area contributed by atoms with Gasteiger partial charge in [0, 0.05) is 10.5 Å². The van der Waals surface area contributed by atoms with Gasteiger partial charge in [-0.25, -0.2) is 9.18 Å². The summed E-state index contributed by atoms with van der Waals surface area (Å²) in [5.74, 6) is -3.52. The Morgan fingerprint density at radius 2 is 2.18 bits per heavy atom. The summed E-state index contributed by atoms with van der Waals surface area (Å²) in [5, 5.41) is 8.45. The minimum Gasteiger partial charge on any atom is -0.486 e. The van der Waals surface area contributed by atoms with Gasteiger partial charge < -0.3 is 9.84 Å². The van der Waals surface area contributed by atoms with Gasteiger partial charge in [-0.15, -0.1) is 0 Å². The van der Waals surface area contributed by atoms with Gasteiger partial charge in [0.1, 0.15) is 6.61 Å². The fourth-order valence-corrected chi connectivity index (χ4v) is 1.49. The second-order valence-corrected chi connectivity index (χ2v) is 4.23. The number of halogens is 3. The van der Waals surface area contributed by atoms with E-state index in [2.05, 4.69) is 15.9 Å². The molecule has 0 unspecified atom stereocenters. The maximum absolute atomic E-state index is 13.2. The van der Waals surface area contributed by atoms with E-state index in [-0.39, 0.29) is 12.4 Å². The van der Waals surface area contributed by atoms with Crippen molar-refractivity contribution >= 4 is 21.9 Å². The van der Waals surface area contributed by atoms with E-state index < -0.39 is 17.6 Å². The molecule has 3 nitrogen and oxygen atoms in total. The smallest absolute Gasteiger partial charge is 0.328 e. The Hall–Kier alpha value is -1.43. The van der Waals surface area contributed by atoms with Crippen LogP contribution in [0.1, 0.15) is 6.92 Å². The summed E-state index contributed by atoms with van der Waals surface area (Å²) >= 11 is 3.00. The molecule has 0 amide bonds. The maximum Gasteiger partial charge on any atom is 0.328 e. The molecule has 0 aromatic heterocycles. The Kier molecular flexibility index (Phi) is 4.62. The quantitative estimate of drug-likeness (QED) is 0.686. The van der Waals surface area contributed by atoms with E-state index in [1.807, 2.05) is 0 Å². The van der Waals surface area contributed by atoms with Gasteiger partial charge in [-0.05, 0) is 24.6 Å². The summed E-state index contributed by atoms with van der Waals surface area (Å²) in [7, 11) is 0. The van der Waals surface area contributed by atoms with Crippen LogP contribution in [0.3, 0.4) is 0 Å². The van der Waals surface area contributed by atoms with Crippen molar-refractivity contribution in [2.75, 3.05) is 6.61 Å². The number of carboxylic acid groups (broad SMARTS) is 1. The van der Waals surface area contributed by atoms with Gasteiger partial charge >= 0.3 is 5.97 Å². The van der Waals surface area contributed by atoms with E-state index in [4.69, 9.17) is 9.84 Å². The molecular formula is C11H9BrF2O3. The highest BCUT2D eigenvalue weighted by Gasteiger charge is 2.11. The molecule has 1 aromatic rings. The summed E-state index contributed by atoms with van der Waals surface area (Å²) in [6.07, 6.45) is 0.937. The monoisotopic (exact) mass is 306 g/mol. The highest BCUT2D eigenvalue weighted by molar-refractivity contribution is 9.10. The van der Waals surface area contributed by atoms with Crippen LogP contribution >= 0.6 is 15.9 Å². The van der Waals surface area contributed by atoms with Crippen molar-refractivity contribution in [3.05, 3.63) is 39.9 Å². The molecule has 0 aliphatic carbocycles. The number of benzene rings is 1. The summed E-state index contributed by atoms with van der Waals surface area (Å²) in [5.41, 5.74) is 0.386. The Balaban J connectivity index is 2.79. The zero-order valence-corrected chi connectivity index (χ0v) is 10.4. The van der Waals surface area contributed by atoms with E-state index in [1.165, 1.54) is 13.0 Å². The number of ether oxygens (including phenoxy) is 1. The molecule has 6 heteroatoms. The van der Waals surface area contributed by atoms with Crippen LogP contribution in [0.15, 0.2) is 28.3 Å². The fourth-order valence-electron chi connectivity index (χ4n) is 1.08. The summed E-state index contributed by atoms with van der Waals surface area (Å²) in [6.45, 7) is 1.39. The topological polar surface area (TPSA) is 46.5 Å². The molecule has 0 fully saturated rings. The van der Waals surface area contributed by atoms with Gasteiger partial charge in [0.2, 0.25) is 5.82 Å². The standard InChI is InChI=1S/C11H9BrF2O3/c1-6(2-10(15)16)5-17-9-4-7(12)3-8(13)11(9)14/h2-4H,5H2,1H3,(H,15,16)/b6-2-. The molecule has 0 saturated heterocycles. The van der Waals surface area contributed by atoms with E-state index in [9.17, 15) is 13.6 Å². The van der Waals surface area contributed by atoms with Crippen LogP contribution in [0.2, 0.25) is 0 Å². The Labute approximate surface area is 105 Å². The van der Waals surface area contributed by atoms with Crippen LogP contribution in [0.5, 0.6) is 5.75 Å². The molecule has 0 radical (unpaired) electrons. The zero-order chi connectivity index (χ0) is 13.0. The van der Waals surface area contributed by atoms with Crippen molar-refractivity contribution < 1.29 is 23.4 Å². The number of carbonyl (C=O) groups is 1. The second-order valence-electron chi connectivity index (χ2n) is 3.32. The van der Waals surface area contributed by atoms with E-state index in [1.54, 1.807) is 0 Å². The third-order valence-corrected chi connectivity index (χ3v) is 2.24. The third-order valence-electron chi connectivity index (χ3n) is 1.78. The molecule has 0 heterocycles. The minimum atomic E-state index is -1.12. The van der Waals surface area contributed by atoms with Crippen LogP contribution < -0.4 is 4.74 Å². The van der Waals surface area contributed by atoms with Gasteiger partial charge in [0.05, 0.1) is 0 Å². The van der Waals surface area contributed by atoms with Crippen LogP contribution in [-0.4, -0.2) is 17.7 Å². The predicted octanol–water partition coefficient (Wildman–Crippen LogP) is 3.14. The minimum absolute atomic E-state index is 0.126. The first kappa shape index (κ1) is 13.6. The van der Waals surface area contributed by atoms with Gasteiger partial charge in [-0.1, -0.05) is 15.9 Å². The van der Waals surface area contributed by atoms with E-state index in [0.717, 1.165) is 12.1 Å². The first-order chi connectivity index (χ1) is 7.90. The van der Waals surface area contributed by atoms with Crippen LogP contribution in [0, 0.1) is 11.6 Å². The van der Waals surface area contributed by atoms with Gasteiger partial charge in [-0.3, -0.25) is 0 Å². The molecule has 0 saturated carbocycles. The van der Waals surface area contributed by atoms with Crippen molar-refractivity contribution in [1.29, 1.82) is 0 Å². The Morgan fingerprint density at radius 1 is 1.53 bits per heavy atom. The zero-order valence-electron chi connectivity index (χ0n) is 8.84. The highest BCUT2D eigenvalue weighted by atomic mass is 79.9. The molecule has 1 N–H and O–H groups in total. The van der Waals surface area contributed by atoms with Crippen molar-refractivity contribution in [3.63, 3.8) is 0 Å². The third kappa shape index (κ3) is 4.14. The lowest BCUT2D eigenvalue weighted by molar-refractivity contribution is -0.131. The van der Waals surface area contributed by atoms with Crippen LogP contribution in [0.25, 0.3) is 0 Å². The molecule has 0 aliphatic rings. The Morgan fingerprint density at radius 3 is 2.76 bits per heavy atom. The number of aliphatic carboxylic acids is 1. The molecular weight excluding hydrogens is 298 g/mol. The van der Waals surface area contributed by atoms with Crippen molar-refractivity contribution in [2.24, 2.45) is 0 Å².